The first-order valence-corrected chi connectivity index (χ1v) is 12.1. The minimum absolute atomic E-state index is 0.240. The molecule has 1 atom stereocenters. The van der Waals surface area contributed by atoms with E-state index in [2.05, 4.69) is 46.0 Å². The fourth-order valence-corrected chi connectivity index (χ4v) is 4.11. The van der Waals surface area contributed by atoms with E-state index in [1.165, 1.54) is 7.11 Å². The second kappa shape index (κ2) is 14.3. The van der Waals surface area contributed by atoms with Crippen LogP contribution >= 0.6 is 0 Å². The van der Waals surface area contributed by atoms with E-state index in [4.69, 9.17) is 4.74 Å². The molecule has 1 unspecified atom stereocenters. The van der Waals surface area contributed by atoms with Gasteiger partial charge in [-0.15, -0.1) is 0 Å². The van der Waals surface area contributed by atoms with Gasteiger partial charge in [-0.05, 0) is 57.1 Å². The number of benzene rings is 1. The molecule has 30 heavy (non-hydrogen) atoms. The van der Waals surface area contributed by atoms with Crippen LogP contribution in [0.5, 0.6) is 0 Å². The van der Waals surface area contributed by atoms with Crippen LogP contribution in [-0.4, -0.2) is 72.3 Å². The monoisotopic (exact) mass is 441 g/mol. The van der Waals surface area contributed by atoms with E-state index in [0.29, 0.717) is 25.2 Å². The van der Waals surface area contributed by atoms with E-state index in [1.54, 1.807) is 25.2 Å². The van der Waals surface area contributed by atoms with Gasteiger partial charge in [0.1, 0.15) is 0 Å². The van der Waals surface area contributed by atoms with Crippen LogP contribution in [0.15, 0.2) is 34.2 Å². The Morgan fingerprint density at radius 1 is 1.27 bits per heavy atom. The molecule has 0 amide bonds. The lowest BCUT2D eigenvalue weighted by atomic mass is 10.2. The van der Waals surface area contributed by atoms with Crippen LogP contribution in [0.2, 0.25) is 0 Å². The summed E-state index contributed by atoms with van der Waals surface area (Å²) in [6.07, 6.45) is 2.18. The van der Waals surface area contributed by atoms with Gasteiger partial charge in [-0.25, -0.2) is 13.1 Å². The second-order valence-corrected chi connectivity index (χ2v) is 8.95. The lowest BCUT2D eigenvalue weighted by Gasteiger charge is -2.21. The molecule has 0 fully saturated rings. The van der Waals surface area contributed by atoms with Crippen LogP contribution < -0.4 is 15.4 Å². The number of methoxy groups -OCH3 is 1. The van der Waals surface area contributed by atoms with Gasteiger partial charge < -0.3 is 20.3 Å². The summed E-state index contributed by atoms with van der Waals surface area (Å²) in [5.41, 5.74) is 0.863. The van der Waals surface area contributed by atoms with Crippen LogP contribution in [-0.2, 0) is 21.3 Å². The van der Waals surface area contributed by atoms with Gasteiger partial charge in [-0.1, -0.05) is 26.0 Å². The number of aliphatic imine (C=N–C) groups is 1. The Bertz CT molecular complexity index is 736. The summed E-state index contributed by atoms with van der Waals surface area (Å²) in [4.78, 5) is 6.94. The largest absolute Gasteiger partial charge is 0.383 e. The molecule has 3 N–H and O–H groups in total. The van der Waals surface area contributed by atoms with Gasteiger partial charge in [-0.3, -0.25) is 4.99 Å². The fraction of sp³-hybridized carbons (Fsp3) is 0.667. The smallest absolute Gasteiger partial charge is 0.240 e. The zero-order valence-corrected chi connectivity index (χ0v) is 19.9. The zero-order valence-electron chi connectivity index (χ0n) is 19.1. The topological polar surface area (TPSA) is 95.1 Å². The van der Waals surface area contributed by atoms with Crippen molar-refractivity contribution >= 4 is 16.0 Å². The van der Waals surface area contributed by atoms with Crippen molar-refractivity contribution in [1.82, 2.24) is 20.3 Å². The highest BCUT2D eigenvalue weighted by Gasteiger charge is 2.14. The first-order valence-electron chi connectivity index (χ1n) is 10.6. The maximum Gasteiger partial charge on any atom is 0.240 e. The predicted octanol–water partition coefficient (Wildman–Crippen LogP) is 1.79. The summed E-state index contributed by atoms with van der Waals surface area (Å²) >= 11 is 0. The van der Waals surface area contributed by atoms with Crippen molar-refractivity contribution in [3.63, 3.8) is 0 Å². The van der Waals surface area contributed by atoms with E-state index in [1.807, 2.05) is 6.07 Å². The maximum atomic E-state index is 12.4. The van der Waals surface area contributed by atoms with Gasteiger partial charge >= 0.3 is 0 Å². The number of ether oxygens (including phenoxy) is 1. The number of nitrogens with one attached hydrogen (secondary N) is 3. The number of hydrogen-bond acceptors (Lipinski definition) is 5. The molecule has 9 heteroatoms. The average molecular weight is 442 g/mol. The Morgan fingerprint density at radius 3 is 2.63 bits per heavy atom. The Labute approximate surface area is 182 Å². The maximum absolute atomic E-state index is 12.4. The first kappa shape index (κ1) is 26.4. The Balaban J connectivity index is 2.55. The molecule has 1 aromatic rings. The normalized spacial score (nSPS) is 13.5. The van der Waals surface area contributed by atoms with E-state index < -0.39 is 10.0 Å². The minimum atomic E-state index is -3.55. The lowest BCUT2D eigenvalue weighted by Crippen LogP contribution is -2.42. The number of nitrogens with zero attached hydrogens (tertiary/aromatic N) is 2. The molecule has 0 aliphatic rings. The highest BCUT2D eigenvalue weighted by molar-refractivity contribution is 7.89. The predicted molar refractivity (Wildman–Crippen MR) is 123 cm³/mol. The molecule has 0 aliphatic carbocycles. The van der Waals surface area contributed by atoms with Gasteiger partial charge in [0.05, 0.1) is 11.5 Å². The number of hydrogen-bond donors (Lipinski definition) is 3. The number of sulfonamides is 1. The molecule has 0 heterocycles. The third-order valence-electron chi connectivity index (χ3n) is 4.88. The SMILES string of the molecule is CCN(CC)CCCC(C)NC(=NC)NCc1cccc(S(=O)(=O)NCCOC)c1. The molecule has 0 aromatic heterocycles. The molecule has 0 radical (unpaired) electrons. The zero-order chi connectivity index (χ0) is 22.4. The lowest BCUT2D eigenvalue weighted by molar-refractivity contribution is 0.204. The van der Waals surface area contributed by atoms with Crippen molar-refractivity contribution in [2.24, 2.45) is 4.99 Å². The fourth-order valence-electron chi connectivity index (χ4n) is 3.03. The van der Waals surface area contributed by atoms with Crippen LogP contribution in [0, 0.1) is 0 Å². The second-order valence-electron chi connectivity index (χ2n) is 7.18. The van der Waals surface area contributed by atoms with Gasteiger partial charge in [-0.2, -0.15) is 0 Å². The van der Waals surface area contributed by atoms with Crippen LogP contribution in [0.3, 0.4) is 0 Å². The first-order chi connectivity index (χ1) is 14.4. The van der Waals surface area contributed by atoms with Crippen LogP contribution in [0.1, 0.15) is 39.2 Å². The standard InChI is InChI=1S/C21H39N5O3S/c1-6-26(7-2)14-9-10-18(3)25-21(22-4)23-17-19-11-8-12-20(16-19)30(27,28)24-13-15-29-5/h8,11-12,16,18,24H,6-7,9-10,13-15,17H2,1-5H3,(H2,22,23,25). The Morgan fingerprint density at radius 2 is 2.00 bits per heavy atom. The molecule has 8 nitrogen and oxygen atoms in total. The van der Waals surface area contributed by atoms with Crippen molar-refractivity contribution in [3.8, 4) is 0 Å². The Kier molecular flexibility index (Phi) is 12.6. The molecule has 0 saturated heterocycles. The third kappa shape index (κ3) is 9.88. The van der Waals surface area contributed by atoms with Crippen molar-refractivity contribution in [2.75, 3.05) is 46.9 Å². The Hall–Kier alpha value is -1.68. The minimum Gasteiger partial charge on any atom is -0.383 e. The van der Waals surface area contributed by atoms with Gasteiger partial charge in [0, 0.05) is 33.3 Å². The summed E-state index contributed by atoms with van der Waals surface area (Å²) in [7, 11) is -0.278. The van der Waals surface area contributed by atoms with Gasteiger partial charge in [0.25, 0.3) is 0 Å². The van der Waals surface area contributed by atoms with Crippen LogP contribution in [0.4, 0.5) is 0 Å². The molecule has 172 valence electrons. The summed E-state index contributed by atoms with van der Waals surface area (Å²) in [5.74, 6) is 0.705. The third-order valence-corrected chi connectivity index (χ3v) is 6.34. The molecular weight excluding hydrogens is 402 g/mol. The van der Waals surface area contributed by atoms with Gasteiger partial charge in [0.2, 0.25) is 10.0 Å². The highest BCUT2D eigenvalue weighted by atomic mass is 32.2. The molecule has 0 aliphatic heterocycles. The molecule has 0 spiro atoms. The summed E-state index contributed by atoms with van der Waals surface area (Å²) < 4.78 is 32.2. The van der Waals surface area contributed by atoms with E-state index in [0.717, 1.165) is 38.0 Å². The summed E-state index contributed by atoms with van der Waals surface area (Å²) in [6.45, 7) is 10.8. The molecule has 1 aromatic carbocycles. The number of guanidine groups is 1. The highest BCUT2D eigenvalue weighted by Crippen LogP contribution is 2.11. The van der Waals surface area contributed by atoms with E-state index >= 15 is 0 Å². The van der Waals surface area contributed by atoms with Crippen molar-refractivity contribution in [3.05, 3.63) is 29.8 Å². The van der Waals surface area contributed by atoms with E-state index in [9.17, 15) is 8.42 Å². The molecule has 0 bridgehead atoms. The summed E-state index contributed by atoms with van der Waals surface area (Å²) in [5, 5.41) is 6.66. The average Bonchev–Trinajstić information content (AvgIpc) is 2.74. The quantitative estimate of drug-likeness (QED) is 0.231. The molecular formula is C21H39N5O3S. The molecule has 0 saturated carbocycles. The summed E-state index contributed by atoms with van der Waals surface area (Å²) in [6, 6.07) is 7.19. The van der Waals surface area contributed by atoms with Gasteiger partial charge in [0.15, 0.2) is 5.96 Å². The molecule has 1 rings (SSSR count). The van der Waals surface area contributed by atoms with Crippen molar-refractivity contribution in [1.29, 1.82) is 0 Å². The van der Waals surface area contributed by atoms with E-state index in [-0.39, 0.29) is 11.4 Å². The van der Waals surface area contributed by atoms with Crippen molar-refractivity contribution in [2.45, 2.75) is 51.1 Å². The number of rotatable bonds is 14. The van der Waals surface area contributed by atoms with Crippen LogP contribution in [0.25, 0.3) is 0 Å². The van der Waals surface area contributed by atoms with Crippen molar-refractivity contribution < 1.29 is 13.2 Å².